The van der Waals surface area contributed by atoms with Gasteiger partial charge in [-0.1, -0.05) is 18.2 Å². The number of hydrogen-bond donors (Lipinski definition) is 1. The quantitative estimate of drug-likeness (QED) is 0.878. The van der Waals surface area contributed by atoms with Gasteiger partial charge in [-0.3, -0.25) is 4.79 Å². The van der Waals surface area contributed by atoms with E-state index in [2.05, 4.69) is 0 Å². The zero-order chi connectivity index (χ0) is 14.8. The summed E-state index contributed by atoms with van der Waals surface area (Å²) in [5.74, 6) is 0.996. The Morgan fingerprint density at radius 1 is 1.24 bits per heavy atom. The molecule has 0 spiro atoms. The lowest BCUT2D eigenvalue weighted by molar-refractivity contribution is 0.0901. The molecular formula is C18H19NO2. The van der Waals surface area contributed by atoms with Crippen LogP contribution in [0.2, 0.25) is 0 Å². The van der Waals surface area contributed by atoms with Crippen LogP contribution in [-0.4, -0.2) is 12.9 Å². The van der Waals surface area contributed by atoms with Crippen molar-refractivity contribution in [2.24, 2.45) is 5.92 Å². The number of rotatable bonds is 3. The van der Waals surface area contributed by atoms with Crippen molar-refractivity contribution < 1.29 is 9.53 Å². The summed E-state index contributed by atoms with van der Waals surface area (Å²) >= 11 is 0. The number of nitrogens with two attached hydrogens (primary N) is 1. The van der Waals surface area contributed by atoms with Crippen molar-refractivity contribution in [3.8, 4) is 5.75 Å². The Morgan fingerprint density at radius 2 is 2.10 bits per heavy atom. The van der Waals surface area contributed by atoms with Gasteiger partial charge in [0.25, 0.3) is 0 Å². The minimum atomic E-state index is 0.0337. The minimum absolute atomic E-state index is 0.0337. The molecule has 3 nitrogen and oxygen atoms in total. The second-order valence-corrected chi connectivity index (χ2v) is 5.57. The molecule has 3 rings (SSSR count). The van der Waals surface area contributed by atoms with Gasteiger partial charge in [0.05, 0.1) is 7.11 Å². The normalized spacial score (nSPS) is 17.4. The van der Waals surface area contributed by atoms with Crippen LogP contribution in [-0.2, 0) is 12.8 Å². The summed E-state index contributed by atoms with van der Waals surface area (Å²) in [5, 5.41) is 0. The van der Waals surface area contributed by atoms with Crippen LogP contribution in [0.4, 0.5) is 5.69 Å². The first-order valence-electron chi connectivity index (χ1n) is 7.23. The summed E-state index contributed by atoms with van der Waals surface area (Å²) in [7, 11) is 1.62. The number of carbonyl (C=O) groups is 1. The van der Waals surface area contributed by atoms with E-state index in [9.17, 15) is 4.79 Å². The van der Waals surface area contributed by atoms with Crippen molar-refractivity contribution in [3.05, 3.63) is 59.2 Å². The monoisotopic (exact) mass is 281 g/mol. The fraction of sp³-hybridized carbons (Fsp3) is 0.278. The van der Waals surface area contributed by atoms with Crippen molar-refractivity contribution >= 4 is 11.5 Å². The van der Waals surface area contributed by atoms with E-state index in [0.29, 0.717) is 0 Å². The molecule has 0 aromatic heterocycles. The van der Waals surface area contributed by atoms with Gasteiger partial charge in [0, 0.05) is 17.2 Å². The standard InChI is InChI=1S/C18H19NO2/c1-21-16-8-7-13-5-6-14(18(20)17(13)11-16)9-12-3-2-4-15(19)10-12/h2-4,7-8,10-11,14H,5-6,9,19H2,1H3. The van der Waals surface area contributed by atoms with Crippen molar-refractivity contribution in [2.75, 3.05) is 12.8 Å². The fourth-order valence-corrected chi connectivity index (χ4v) is 3.01. The molecule has 1 aliphatic rings. The molecule has 0 radical (unpaired) electrons. The van der Waals surface area contributed by atoms with Crippen LogP contribution in [0, 0.1) is 5.92 Å². The van der Waals surface area contributed by atoms with Gasteiger partial charge in [-0.05, 0) is 54.7 Å². The van der Waals surface area contributed by atoms with Gasteiger partial charge in [0.15, 0.2) is 5.78 Å². The van der Waals surface area contributed by atoms with Crippen LogP contribution in [0.1, 0.15) is 27.9 Å². The molecule has 1 atom stereocenters. The summed E-state index contributed by atoms with van der Waals surface area (Å²) in [5.41, 5.74) is 9.63. The fourth-order valence-electron chi connectivity index (χ4n) is 3.01. The Kier molecular flexibility index (Phi) is 3.65. The average Bonchev–Trinajstić information content (AvgIpc) is 2.50. The number of aryl methyl sites for hydroxylation is 1. The van der Waals surface area contributed by atoms with Crippen molar-refractivity contribution in [1.29, 1.82) is 0 Å². The van der Waals surface area contributed by atoms with Crippen LogP contribution < -0.4 is 10.5 Å². The number of carbonyl (C=O) groups excluding carboxylic acids is 1. The van der Waals surface area contributed by atoms with Crippen molar-refractivity contribution in [1.82, 2.24) is 0 Å². The maximum absolute atomic E-state index is 12.7. The van der Waals surface area contributed by atoms with E-state index in [1.54, 1.807) is 7.11 Å². The van der Waals surface area contributed by atoms with Crippen LogP contribution in [0.3, 0.4) is 0 Å². The summed E-state index contributed by atoms with van der Waals surface area (Å²) in [4.78, 5) is 12.7. The van der Waals surface area contributed by atoms with Gasteiger partial charge in [-0.15, -0.1) is 0 Å². The minimum Gasteiger partial charge on any atom is -0.497 e. The van der Waals surface area contributed by atoms with Gasteiger partial charge in [0.2, 0.25) is 0 Å². The molecule has 2 aromatic carbocycles. The maximum Gasteiger partial charge on any atom is 0.166 e. The molecule has 0 bridgehead atoms. The molecule has 108 valence electrons. The van der Waals surface area contributed by atoms with Gasteiger partial charge in [-0.25, -0.2) is 0 Å². The lowest BCUT2D eigenvalue weighted by atomic mass is 9.79. The van der Waals surface area contributed by atoms with Gasteiger partial charge in [0.1, 0.15) is 5.75 Å². The van der Waals surface area contributed by atoms with E-state index in [0.717, 1.165) is 47.4 Å². The second kappa shape index (κ2) is 5.60. The Balaban J connectivity index is 1.84. The summed E-state index contributed by atoms with van der Waals surface area (Å²) < 4.78 is 5.23. The molecule has 0 saturated heterocycles. The highest BCUT2D eigenvalue weighted by Gasteiger charge is 2.27. The zero-order valence-corrected chi connectivity index (χ0v) is 12.1. The number of Topliss-reactive ketones (excluding diaryl/α,β-unsaturated/α-hetero) is 1. The first-order chi connectivity index (χ1) is 10.2. The van der Waals surface area contributed by atoms with E-state index in [-0.39, 0.29) is 11.7 Å². The van der Waals surface area contributed by atoms with Gasteiger partial charge in [-0.2, -0.15) is 0 Å². The molecule has 0 amide bonds. The number of benzene rings is 2. The molecule has 0 fully saturated rings. The maximum atomic E-state index is 12.7. The molecule has 0 heterocycles. The zero-order valence-electron chi connectivity index (χ0n) is 12.1. The molecule has 1 unspecified atom stereocenters. The molecular weight excluding hydrogens is 262 g/mol. The Labute approximate surface area is 124 Å². The van der Waals surface area contributed by atoms with Crippen molar-refractivity contribution in [3.63, 3.8) is 0 Å². The lowest BCUT2D eigenvalue weighted by Crippen LogP contribution is -2.24. The molecule has 3 heteroatoms. The van der Waals surface area contributed by atoms with Crippen LogP contribution in [0.5, 0.6) is 5.75 Å². The summed E-state index contributed by atoms with van der Waals surface area (Å²) in [6, 6.07) is 13.6. The highest BCUT2D eigenvalue weighted by Crippen LogP contribution is 2.30. The van der Waals surface area contributed by atoms with Crippen LogP contribution in [0.25, 0.3) is 0 Å². The molecule has 1 aliphatic carbocycles. The predicted octanol–water partition coefficient (Wildman–Crippen LogP) is 3.27. The number of anilines is 1. The van der Waals surface area contributed by atoms with E-state index in [1.165, 1.54) is 0 Å². The topological polar surface area (TPSA) is 52.3 Å². The van der Waals surface area contributed by atoms with Crippen LogP contribution >= 0.6 is 0 Å². The largest absolute Gasteiger partial charge is 0.497 e. The smallest absolute Gasteiger partial charge is 0.166 e. The third-order valence-corrected chi connectivity index (χ3v) is 4.15. The first-order valence-corrected chi connectivity index (χ1v) is 7.23. The first kappa shape index (κ1) is 13.7. The number of nitrogen functional groups attached to an aromatic ring is 1. The third-order valence-electron chi connectivity index (χ3n) is 4.15. The predicted molar refractivity (Wildman–Crippen MR) is 83.7 cm³/mol. The number of ether oxygens (including phenoxy) is 1. The molecule has 2 N–H and O–H groups in total. The highest BCUT2D eigenvalue weighted by molar-refractivity contribution is 6.00. The molecule has 0 saturated carbocycles. The third kappa shape index (κ3) is 2.77. The Hall–Kier alpha value is -2.29. The SMILES string of the molecule is COc1ccc2c(c1)C(=O)C(Cc1cccc(N)c1)CC2. The highest BCUT2D eigenvalue weighted by atomic mass is 16.5. The average molecular weight is 281 g/mol. The number of hydrogen-bond acceptors (Lipinski definition) is 3. The summed E-state index contributed by atoms with van der Waals surface area (Å²) in [6.07, 6.45) is 2.59. The Bertz CT molecular complexity index is 679. The molecule has 21 heavy (non-hydrogen) atoms. The summed E-state index contributed by atoms with van der Waals surface area (Å²) in [6.45, 7) is 0. The number of fused-ring (bicyclic) bond motifs is 1. The Morgan fingerprint density at radius 3 is 2.86 bits per heavy atom. The number of methoxy groups -OCH3 is 1. The van der Waals surface area contributed by atoms with E-state index in [1.807, 2.05) is 42.5 Å². The van der Waals surface area contributed by atoms with Gasteiger partial charge >= 0.3 is 0 Å². The molecule has 2 aromatic rings. The molecule has 0 aliphatic heterocycles. The second-order valence-electron chi connectivity index (χ2n) is 5.57. The van der Waals surface area contributed by atoms with Crippen molar-refractivity contribution in [2.45, 2.75) is 19.3 Å². The number of ketones is 1. The van der Waals surface area contributed by atoms with E-state index < -0.39 is 0 Å². The van der Waals surface area contributed by atoms with Crippen LogP contribution in [0.15, 0.2) is 42.5 Å². The lowest BCUT2D eigenvalue weighted by Gasteiger charge is -2.24. The van der Waals surface area contributed by atoms with E-state index >= 15 is 0 Å². The van der Waals surface area contributed by atoms with E-state index in [4.69, 9.17) is 10.5 Å². The van der Waals surface area contributed by atoms with Gasteiger partial charge < -0.3 is 10.5 Å².